The predicted molar refractivity (Wildman–Crippen MR) is 79.2 cm³/mol. The van der Waals surface area contributed by atoms with Crippen molar-refractivity contribution >= 4 is 21.6 Å². The van der Waals surface area contributed by atoms with Crippen LogP contribution in [0.4, 0.5) is 4.39 Å². The van der Waals surface area contributed by atoms with Crippen molar-refractivity contribution < 1.29 is 17.9 Å². The van der Waals surface area contributed by atoms with Gasteiger partial charge in [0.05, 0.1) is 11.1 Å². The Bertz CT molecular complexity index is 574. The molecule has 2 rings (SSSR count). The second-order valence-corrected chi connectivity index (χ2v) is 7.46. The van der Waals surface area contributed by atoms with E-state index in [0.29, 0.717) is 6.42 Å². The Morgan fingerprint density at radius 3 is 2.76 bits per heavy atom. The molecule has 0 bridgehead atoms. The smallest absolute Gasteiger partial charge is 0.244 e. The van der Waals surface area contributed by atoms with Crippen LogP contribution in [0, 0.1) is 11.7 Å². The van der Waals surface area contributed by atoms with E-state index in [2.05, 4.69) is 4.72 Å². The van der Waals surface area contributed by atoms with Crippen molar-refractivity contribution in [2.24, 2.45) is 5.92 Å². The van der Waals surface area contributed by atoms with Crippen LogP contribution >= 0.6 is 11.6 Å². The first kappa shape index (κ1) is 16.7. The van der Waals surface area contributed by atoms with E-state index in [1.807, 2.05) is 0 Å². The number of nitrogens with one attached hydrogen (secondary N) is 1. The summed E-state index contributed by atoms with van der Waals surface area (Å²) in [4.78, 5) is -0.507. The van der Waals surface area contributed by atoms with Crippen LogP contribution in [0.25, 0.3) is 0 Å². The predicted octanol–water partition coefficient (Wildman–Crippen LogP) is 2.70. The number of benzene rings is 1. The highest BCUT2D eigenvalue weighted by molar-refractivity contribution is 7.89. The van der Waals surface area contributed by atoms with Crippen molar-refractivity contribution in [3.05, 3.63) is 29.0 Å². The third kappa shape index (κ3) is 4.16. The highest BCUT2D eigenvalue weighted by Gasteiger charge is 2.25. The van der Waals surface area contributed by atoms with Crippen molar-refractivity contribution in [2.45, 2.75) is 43.1 Å². The molecule has 0 heterocycles. The van der Waals surface area contributed by atoms with Gasteiger partial charge in [-0.1, -0.05) is 24.1 Å². The third-order valence-electron chi connectivity index (χ3n) is 3.85. The normalized spacial score (nSPS) is 22.6. The average Bonchev–Trinajstić information content (AvgIpc) is 2.80. The van der Waals surface area contributed by atoms with Crippen LogP contribution in [0.5, 0.6) is 0 Å². The molecule has 0 aliphatic heterocycles. The van der Waals surface area contributed by atoms with Crippen LogP contribution in [-0.4, -0.2) is 26.2 Å². The van der Waals surface area contributed by atoms with Crippen molar-refractivity contribution in [3.63, 3.8) is 0 Å². The van der Waals surface area contributed by atoms with Crippen LogP contribution < -0.4 is 4.72 Å². The molecule has 2 atom stereocenters. The molecule has 1 aromatic carbocycles. The number of aliphatic hydroxyl groups excluding tert-OH is 1. The first-order chi connectivity index (χ1) is 9.92. The maximum absolute atomic E-state index is 13.6. The highest BCUT2D eigenvalue weighted by Crippen LogP contribution is 2.29. The van der Waals surface area contributed by atoms with Gasteiger partial charge in [-0.05, 0) is 43.7 Å². The molecule has 0 saturated heterocycles. The minimum Gasteiger partial charge on any atom is -0.393 e. The summed E-state index contributed by atoms with van der Waals surface area (Å²) in [7, 11) is -3.95. The summed E-state index contributed by atoms with van der Waals surface area (Å²) in [5, 5.41) is 9.56. The molecule has 2 N–H and O–H groups in total. The molecule has 4 nitrogen and oxygen atoms in total. The molecule has 21 heavy (non-hydrogen) atoms. The summed E-state index contributed by atoms with van der Waals surface area (Å²) in [6.07, 6.45) is 3.90. The lowest BCUT2D eigenvalue weighted by Crippen LogP contribution is -2.26. The van der Waals surface area contributed by atoms with Crippen molar-refractivity contribution in [1.29, 1.82) is 0 Å². The van der Waals surface area contributed by atoms with Gasteiger partial charge in [-0.15, -0.1) is 0 Å². The van der Waals surface area contributed by atoms with Gasteiger partial charge in [0.15, 0.2) is 0 Å². The van der Waals surface area contributed by atoms with Gasteiger partial charge < -0.3 is 5.11 Å². The lowest BCUT2D eigenvalue weighted by Gasteiger charge is -2.14. The zero-order chi connectivity index (χ0) is 15.5. The Hall–Kier alpha value is -0.690. The van der Waals surface area contributed by atoms with E-state index < -0.39 is 20.7 Å². The molecule has 1 aliphatic rings. The zero-order valence-corrected chi connectivity index (χ0v) is 13.1. The molecule has 1 fully saturated rings. The minimum absolute atomic E-state index is 0.131. The van der Waals surface area contributed by atoms with E-state index in [-0.39, 0.29) is 23.6 Å². The van der Waals surface area contributed by atoms with E-state index in [9.17, 15) is 17.9 Å². The van der Waals surface area contributed by atoms with Crippen molar-refractivity contribution in [1.82, 2.24) is 4.72 Å². The summed E-state index contributed by atoms with van der Waals surface area (Å²) >= 11 is 5.76. The molecule has 0 amide bonds. The average molecular weight is 336 g/mol. The summed E-state index contributed by atoms with van der Waals surface area (Å²) in [6, 6.07) is 3.77. The van der Waals surface area contributed by atoms with Gasteiger partial charge in [0.2, 0.25) is 10.0 Å². The Kier molecular flexibility index (Phi) is 5.60. The van der Waals surface area contributed by atoms with Crippen LogP contribution in [0.15, 0.2) is 23.1 Å². The van der Waals surface area contributed by atoms with Crippen LogP contribution in [0.1, 0.15) is 32.1 Å². The SMILES string of the molecule is O=S(=O)(NCCC[C@H]1CCC[C@H]1O)c1c(F)cccc1Cl. The molecular weight excluding hydrogens is 317 g/mol. The van der Waals surface area contributed by atoms with Gasteiger partial charge in [0.25, 0.3) is 0 Å². The number of rotatable bonds is 6. The van der Waals surface area contributed by atoms with Crippen molar-refractivity contribution in [2.75, 3.05) is 6.54 Å². The standard InChI is InChI=1S/C14H19ClFNO3S/c15-11-6-2-7-12(16)14(11)21(19,20)17-9-3-5-10-4-1-8-13(10)18/h2,6-7,10,13,17-18H,1,3-5,8-9H2/t10-,13-/m1/s1. The molecule has 1 aromatic rings. The Morgan fingerprint density at radius 2 is 2.14 bits per heavy atom. The van der Waals surface area contributed by atoms with E-state index in [1.165, 1.54) is 12.1 Å². The molecular formula is C14H19ClFNO3S. The topological polar surface area (TPSA) is 66.4 Å². The van der Waals surface area contributed by atoms with Crippen LogP contribution in [0.3, 0.4) is 0 Å². The molecule has 0 spiro atoms. The monoisotopic (exact) mass is 335 g/mol. The molecule has 1 saturated carbocycles. The molecule has 0 aromatic heterocycles. The van der Waals surface area contributed by atoms with Gasteiger partial charge in [0.1, 0.15) is 10.7 Å². The van der Waals surface area contributed by atoms with E-state index >= 15 is 0 Å². The van der Waals surface area contributed by atoms with Crippen molar-refractivity contribution in [3.8, 4) is 0 Å². The largest absolute Gasteiger partial charge is 0.393 e. The van der Waals surface area contributed by atoms with E-state index in [4.69, 9.17) is 11.6 Å². The Labute approximate surface area is 129 Å². The fraction of sp³-hybridized carbons (Fsp3) is 0.571. The van der Waals surface area contributed by atoms with E-state index in [0.717, 1.165) is 31.7 Å². The highest BCUT2D eigenvalue weighted by atomic mass is 35.5. The fourth-order valence-corrected chi connectivity index (χ4v) is 4.41. The molecule has 0 radical (unpaired) electrons. The van der Waals surface area contributed by atoms with E-state index in [1.54, 1.807) is 0 Å². The Balaban J connectivity index is 1.90. The summed E-state index contributed by atoms with van der Waals surface area (Å²) < 4.78 is 40.1. The Morgan fingerprint density at radius 1 is 1.38 bits per heavy atom. The van der Waals surface area contributed by atoms with Gasteiger partial charge >= 0.3 is 0 Å². The van der Waals surface area contributed by atoms with Crippen LogP contribution in [0.2, 0.25) is 5.02 Å². The first-order valence-electron chi connectivity index (χ1n) is 7.03. The first-order valence-corrected chi connectivity index (χ1v) is 8.89. The van der Waals surface area contributed by atoms with Gasteiger partial charge in [0, 0.05) is 6.54 Å². The van der Waals surface area contributed by atoms with Gasteiger partial charge in [-0.25, -0.2) is 17.5 Å². The maximum atomic E-state index is 13.6. The zero-order valence-electron chi connectivity index (χ0n) is 11.6. The second-order valence-electron chi connectivity index (χ2n) is 5.35. The number of hydrogen-bond donors (Lipinski definition) is 2. The number of sulfonamides is 1. The second kappa shape index (κ2) is 7.05. The lowest BCUT2D eigenvalue weighted by molar-refractivity contribution is 0.127. The number of aliphatic hydroxyl groups is 1. The third-order valence-corrected chi connectivity index (χ3v) is 5.81. The lowest BCUT2D eigenvalue weighted by atomic mass is 10.00. The van der Waals surface area contributed by atoms with Gasteiger partial charge in [-0.3, -0.25) is 0 Å². The summed E-state index contributed by atoms with van der Waals surface area (Å²) in [5.41, 5.74) is 0. The number of hydrogen-bond acceptors (Lipinski definition) is 3. The molecule has 7 heteroatoms. The quantitative estimate of drug-likeness (QED) is 0.785. The van der Waals surface area contributed by atoms with Gasteiger partial charge in [-0.2, -0.15) is 0 Å². The number of halogens is 2. The summed E-state index contributed by atoms with van der Waals surface area (Å²) in [6.45, 7) is 0.205. The molecule has 118 valence electrons. The minimum atomic E-state index is -3.95. The summed E-state index contributed by atoms with van der Waals surface area (Å²) in [5.74, 6) is -0.618. The molecule has 0 unspecified atom stereocenters. The fourth-order valence-electron chi connectivity index (χ4n) is 2.74. The van der Waals surface area contributed by atoms with Crippen LogP contribution in [-0.2, 0) is 10.0 Å². The maximum Gasteiger partial charge on any atom is 0.244 e. The molecule has 1 aliphatic carbocycles.